The van der Waals surface area contributed by atoms with E-state index in [0.717, 1.165) is 10.4 Å². The van der Waals surface area contributed by atoms with Gasteiger partial charge in [-0.25, -0.2) is 0 Å². The van der Waals surface area contributed by atoms with Gasteiger partial charge in [0, 0.05) is 41.6 Å². The van der Waals surface area contributed by atoms with Gasteiger partial charge in [-0.2, -0.15) is 0 Å². The van der Waals surface area contributed by atoms with Crippen LogP contribution in [0, 0.1) is 0 Å². The van der Waals surface area contributed by atoms with Crippen molar-refractivity contribution in [2.75, 3.05) is 26.2 Å². The van der Waals surface area contributed by atoms with E-state index in [9.17, 15) is 9.59 Å². The molecule has 142 valence electrons. The summed E-state index contributed by atoms with van der Waals surface area (Å²) in [5, 5.41) is 0.694. The highest BCUT2D eigenvalue weighted by atomic mass is 35.5. The number of amides is 2. The number of hydrogen-bond acceptors (Lipinski definition) is 3. The first-order valence-electron chi connectivity index (χ1n) is 9.11. The molecule has 28 heavy (non-hydrogen) atoms. The summed E-state index contributed by atoms with van der Waals surface area (Å²) >= 11 is 7.43. The van der Waals surface area contributed by atoms with Crippen molar-refractivity contribution >= 4 is 34.8 Å². The first-order chi connectivity index (χ1) is 13.6. The Hall–Kier alpha value is -2.63. The second-order valence-electron chi connectivity index (χ2n) is 6.62. The highest BCUT2D eigenvalue weighted by molar-refractivity contribution is 7.17. The van der Waals surface area contributed by atoms with Crippen LogP contribution in [0.5, 0.6) is 0 Å². The van der Waals surface area contributed by atoms with Crippen molar-refractivity contribution in [1.29, 1.82) is 0 Å². The summed E-state index contributed by atoms with van der Waals surface area (Å²) in [5.41, 5.74) is 1.74. The van der Waals surface area contributed by atoms with Crippen LogP contribution < -0.4 is 0 Å². The predicted molar refractivity (Wildman–Crippen MR) is 113 cm³/mol. The Bertz CT molecular complexity index is 977. The predicted octanol–water partition coefficient (Wildman–Crippen LogP) is 4.67. The molecule has 4 nitrogen and oxygen atoms in total. The maximum absolute atomic E-state index is 12.9. The summed E-state index contributed by atoms with van der Waals surface area (Å²) in [4.78, 5) is 30.8. The zero-order valence-electron chi connectivity index (χ0n) is 15.2. The molecule has 1 aliphatic rings. The third kappa shape index (κ3) is 3.96. The van der Waals surface area contributed by atoms with E-state index in [-0.39, 0.29) is 11.8 Å². The molecular weight excluding hydrogens is 392 g/mol. The van der Waals surface area contributed by atoms with Crippen molar-refractivity contribution < 1.29 is 9.59 Å². The van der Waals surface area contributed by atoms with E-state index < -0.39 is 0 Å². The SMILES string of the molecule is O=C(c1ccccc1)N1CCN(C(=O)c2ccc(-c3ccc(Cl)cc3)s2)CC1. The summed E-state index contributed by atoms with van der Waals surface area (Å²) in [6, 6.07) is 20.7. The molecule has 6 heteroatoms. The second kappa shape index (κ2) is 8.17. The lowest BCUT2D eigenvalue weighted by atomic mass is 10.2. The molecular formula is C22H19ClN2O2S. The molecule has 2 aromatic carbocycles. The third-order valence-corrected chi connectivity index (χ3v) is 6.19. The molecule has 0 N–H and O–H groups in total. The average molecular weight is 411 g/mol. The minimum atomic E-state index is 0.0221. The number of piperazine rings is 1. The fraction of sp³-hybridized carbons (Fsp3) is 0.182. The Balaban J connectivity index is 1.39. The molecule has 0 bridgehead atoms. The number of benzene rings is 2. The molecule has 0 spiro atoms. The van der Waals surface area contributed by atoms with Crippen LogP contribution in [0.3, 0.4) is 0 Å². The van der Waals surface area contributed by atoms with Crippen LogP contribution in [0.1, 0.15) is 20.0 Å². The highest BCUT2D eigenvalue weighted by Gasteiger charge is 2.26. The Morgan fingerprint density at radius 2 is 1.36 bits per heavy atom. The van der Waals surface area contributed by atoms with Gasteiger partial charge in [-0.15, -0.1) is 11.3 Å². The monoisotopic (exact) mass is 410 g/mol. The Labute approximate surface area is 173 Å². The number of carbonyl (C=O) groups excluding carboxylic acids is 2. The topological polar surface area (TPSA) is 40.6 Å². The van der Waals surface area contributed by atoms with Gasteiger partial charge in [0.05, 0.1) is 4.88 Å². The van der Waals surface area contributed by atoms with E-state index in [1.165, 1.54) is 11.3 Å². The lowest BCUT2D eigenvalue weighted by molar-refractivity contribution is 0.0538. The van der Waals surface area contributed by atoms with Crippen molar-refractivity contribution in [3.8, 4) is 10.4 Å². The molecule has 3 aromatic rings. The fourth-order valence-corrected chi connectivity index (χ4v) is 4.36. The first kappa shape index (κ1) is 18.7. The Kier molecular flexibility index (Phi) is 5.46. The molecule has 2 amide bonds. The molecule has 1 saturated heterocycles. The molecule has 4 rings (SSSR count). The van der Waals surface area contributed by atoms with Crippen molar-refractivity contribution in [3.05, 3.63) is 82.2 Å². The maximum Gasteiger partial charge on any atom is 0.264 e. The highest BCUT2D eigenvalue weighted by Crippen LogP contribution is 2.30. The van der Waals surface area contributed by atoms with Gasteiger partial charge in [-0.1, -0.05) is 41.9 Å². The number of hydrogen-bond donors (Lipinski definition) is 0. The zero-order chi connectivity index (χ0) is 19.5. The van der Waals surface area contributed by atoms with Crippen LogP contribution in [-0.4, -0.2) is 47.8 Å². The number of rotatable bonds is 3. The summed E-state index contributed by atoms with van der Waals surface area (Å²) in [6.07, 6.45) is 0. The summed E-state index contributed by atoms with van der Waals surface area (Å²) in [5.74, 6) is 0.0471. The van der Waals surface area contributed by atoms with Crippen LogP contribution >= 0.6 is 22.9 Å². The standard InChI is InChI=1S/C22H19ClN2O2S/c23-18-8-6-16(7-9-18)19-10-11-20(28-19)22(27)25-14-12-24(13-15-25)21(26)17-4-2-1-3-5-17/h1-11H,12-15H2. The van der Waals surface area contributed by atoms with Gasteiger partial charge in [0.15, 0.2) is 0 Å². The molecule has 2 heterocycles. The lowest BCUT2D eigenvalue weighted by Crippen LogP contribution is -2.50. The minimum Gasteiger partial charge on any atom is -0.335 e. The lowest BCUT2D eigenvalue weighted by Gasteiger charge is -2.34. The van der Waals surface area contributed by atoms with Crippen LogP contribution in [0.15, 0.2) is 66.7 Å². The van der Waals surface area contributed by atoms with Gasteiger partial charge >= 0.3 is 0 Å². The summed E-state index contributed by atoms with van der Waals surface area (Å²) in [6.45, 7) is 2.20. The normalized spacial score (nSPS) is 14.2. The van der Waals surface area contributed by atoms with Gasteiger partial charge in [0.25, 0.3) is 11.8 Å². The molecule has 0 aliphatic carbocycles. The smallest absolute Gasteiger partial charge is 0.264 e. The second-order valence-corrected chi connectivity index (χ2v) is 8.14. The molecule has 1 fully saturated rings. The summed E-state index contributed by atoms with van der Waals surface area (Å²) in [7, 11) is 0. The number of nitrogens with zero attached hydrogens (tertiary/aromatic N) is 2. The Morgan fingerprint density at radius 3 is 2.00 bits per heavy atom. The Morgan fingerprint density at radius 1 is 0.750 bits per heavy atom. The number of thiophene rings is 1. The molecule has 0 saturated carbocycles. The molecule has 0 atom stereocenters. The van der Waals surface area contributed by atoms with Crippen LogP contribution in [-0.2, 0) is 0 Å². The van der Waals surface area contributed by atoms with E-state index in [4.69, 9.17) is 11.6 Å². The zero-order valence-corrected chi connectivity index (χ0v) is 16.7. The van der Waals surface area contributed by atoms with Crippen LogP contribution in [0.2, 0.25) is 5.02 Å². The van der Waals surface area contributed by atoms with E-state index in [1.54, 1.807) is 0 Å². The molecule has 1 aliphatic heterocycles. The quantitative estimate of drug-likeness (QED) is 0.629. The van der Waals surface area contributed by atoms with E-state index >= 15 is 0 Å². The molecule has 1 aromatic heterocycles. The van der Waals surface area contributed by atoms with Crippen molar-refractivity contribution in [2.24, 2.45) is 0 Å². The van der Waals surface area contributed by atoms with Gasteiger partial charge in [0.2, 0.25) is 0 Å². The minimum absolute atomic E-state index is 0.0221. The summed E-state index contributed by atoms with van der Waals surface area (Å²) < 4.78 is 0. The third-order valence-electron chi connectivity index (χ3n) is 4.82. The van der Waals surface area contributed by atoms with E-state index in [0.29, 0.717) is 41.6 Å². The van der Waals surface area contributed by atoms with Crippen molar-refractivity contribution in [1.82, 2.24) is 9.80 Å². The first-order valence-corrected chi connectivity index (χ1v) is 10.3. The number of halogens is 1. The van der Waals surface area contributed by atoms with Crippen LogP contribution in [0.4, 0.5) is 0 Å². The van der Waals surface area contributed by atoms with Crippen molar-refractivity contribution in [2.45, 2.75) is 0 Å². The van der Waals surface area contributed by atoms with E-state index in [2.05, 4.69) is 0 Å². The van der Waals surface area contributed by atoms with Gasteiger partial charge in [0.1, 0.15) is 0 Å². The maximum atomic E-state index is 12.9. The van der Waals surface area contributed by atoms with Gasteiger partial charge in [-0.05, 0) is 42.0 Å². The van der Waals surface area contributed by atoms with E-state index in [1.807, 2.05) is 76.5 Å². The average Bonchev–Trinajstić information content (AvgIpc) is 3.24. The fourth-order valence-electron chi connectivity index (χ4n) is 3.25. The number of carbonyl (C=O) groups is 2. The van der Waals surface area contributed by atoms with Crippen LogP contribution in [0.25, 0.3) is 10.4 Å². The molecule has 0 unspecified atom stereocenters. The molecule has 0 radical (unpaired) electrons. The largest absolute Gasteiger partial charge is 0.335 e. The van der Waals surface area contributed by atoms with Crippen molar-refractivity contribution in [3.63, 3.8) is 0 Å². The van der Waals surface area contributed by atoms with Gasteiger partial charge in [-0.3, -0.25) is 9.59 Å². The van der Waals surface area contributed by atoms with Gasteiger partial charge < -0.3 is 9.80 Å².